The number of anilines is 1. The smallest absolute Gasteiger partial charge is 0.337 e. The second-order valence-corrected chi connectivity index (χ2v) is 2.70. The lowest BCUT2D eigenvalue weighted by molar-refractivity contribution is -0.384. The molecule has 0 heterocycles. The number of nitrogens with zero attached hydrogens (tertiary/aromatic N) is 1. The molecule has 1 N–H and O–H groups in total. The van der Waals surface area contributed by atoms with E-state index in [2.05, 4.69) is 5.32 Å². The lowest BCUT2D eigenvalue weighted by Gasteiger charge is -2.10. The number of nitro benzene ring substituents is 1. The van der Waals surface area contributed by atoms with Crippen LogP contribution in [0.4, 0.5) is 11.4 Å². The molecule has 0 fully saturated rings. The van der Waals surface area contributed by atoms with Gasteiger partial charge in [-0.3, -0.25) is 10.1 Å². The maximum absolute atomic E-state index is 10.9. The SMILES string of the molecule is CNc1ccc(OC)c(OC)c1[N+](=O)[O-]. The summed E-state index contributed by atoms with van der Waals surface area (Å²) >= 11 is 0. The predicted molar refractivity (Wildman–Crippen MR) is 55.7 cm³/mol. The number of hydrogen-bond donors (Lipinski definition) is 1. The number of methoxy groups -OCH3 is 2. The second kappa shape index (κ2) is 4.50. The maximum atomic E-state index is 10.9. The van der Waals surface area contributed by atoms with E-state index in [0.717, 1.165) is 0 Å². The van der Waals surface area contributed by atoms with Gasteiger partial charge in [-0.25, -0.2) is 0 Å². The Morgan fingerprint density at radius 2 is 2.00 bits per heavy atom. The average Bonchev–Trinajstić information content (AvgIpc) is 2.26. The predicted octanol–water partition coefficient (Wildman–Crippen LogP) is 1.65. The number of nitro groups is 1. The molecule has 6 nitrogen and oxygen atoms in total. The van der Waals surface area contributed by atoms with Gasteiger partial charge in [-0.2, -0.15) is 0 Å². The van der Waals surface area contributed by atoms with Gasteiger partial charge in [-0.15, -0.1) is 0 Å². The fraction of sp³-hybridized carbons (Fsp3) is 0.333. The zero-order chi connectivity index (χ0) is 11.4. The molecule has 6 heteroatoms. The summed E-state index contributed by atoms with van der Waals surface area (Å²) in [4.78, 5) is 10.4. The highest BCUT2D eigenvalue weighted by Gasteiger charge is 2.24. The third-order valence-electron chi connectivity index (χ3n) is 1.97. The number of hydrogen-bond acceptors (Lipinski definition) is 5. The van der Waals surface area contributed by atoms with Crippen molar-refractivity contribution >= 4 is 11.4 Å². The fourth-order valence-corrected chi connectivity index (χ4v) is 1.29. The zero-order valence-electron chi connectivity index (χ0n) is 8.73. The van der Waals surface area contributed by atoms with Gasteiger partial charge in [0, 0.05) is 7.05 Å². The Bertz CT molecular complexity index is 379. The molecule has 0 aliphatic carbocycles. The second-order valence-electron chi connectivity index (χ2n) is 2.70. The largest absolute Gasteiger partial charge is 0.493 e. The summed E-state index contributed by atoms with van der Waals surface area (Å²) in [6.07, 6.45) is 0. The molecule has 0 saturated heterocycles. The van der Waals surface area contributed by atoms with Crippen LogP contribution >= 0.6 is 0 Å². The number of ether oxygens (including phenoxy) is 2. The molecule has 1 rings (SSSR count). The lowest BCUT2D eigenvalue weighted by atomic mass is 10.2. The van der Waals surface area contributed by atoms with Crippen molar-refractivity contribution in [3.05, 3.63) is 22.2 Å². The van der Waals surface area contributed by atoms with Gasteiger partial charge in [-0.1, -0.05) is 0 Å². The summed E-state index contributed by atoms with van der Waals surface area (Å²) in [7, 11) is 4.40. The molecule has 0 aromatic heterocycles. The molecule has 82 valence electrons. The van der Waals surface area contributed by atoms with Gasteiger partial charge < -0.3 is 14.8 Å². The Kier molecular flexibility index (Phi) is 3.33. The Morgan fingerprint density at radius 1 is 1.33 bits per heavy atom. The summed E-state index contributed by atoms with van der Waals surface area (Å²) in [6, 6.07) is 3.18. The first kappa shape index (κ1) is 11.1. The van der Waals surface area contributed by atoms with Gasteiger partial charge in [0.1, 0.15) is 5.69 Å². The number of rotatable bonds is 4. The Balaban J connectivity index is 3.44. The van der Waals surface area contributed by atoms with Crippen molar-refractivity contribution in [2.24, 2.45) is 0 Å². The van der Waals surface area contributed by atoms with Gasteiger partial charge >= 0.3 is 5.69 Å². The van der Waals surface area contributed by atoms with Crippen molar-refractivity contribution in [1.29, 1.82) is 0 Å². The van der Waals surface area contributed by atoms with Crippen LogP contribution in [0.25, 0.3) is 0 Å². The van der Waals surface area contributed by atoms with E-state index in [1.165, 1.54) is 14.2 Å². The first-order valence-electron chi connectivity index (χ1n) is 4.22. The molecule has 0 bridgehead atoms. The van der Waals surface area contributed by atoms with E-state index in [-0.39, 0.29) is 11.4 Å². The van der Waals surface area contributed by atoms with E-state index in [4.69, 9.17) is 9.47 Å². The minimum Gasteiger partial charge on any atom is -0.493 e. The average molecular weight is 212 g/mol. The highest BCUT2D eigenvalue weighted by Crippen LogP contribution is 2.41. The monoisotopic (exact) mass is 212 g/mol. The first-order valence-corrected chi connectivity index (χ1v) is 4.22. The topological polar surface area (TPSA) is 73.6 Å². The molecule has 0 saturated carbocycles. The maximum Gasteiger partial charge on any atom is 0.337 e. The minimum absolute atomic E-state index is 0.120. The van der Waals surface area contributed by atoms with E-state index < -0.39 is 4.92 Å². The van der Waals surface area contributed by atoms with Gasteiger partial charge in [0.15, 0.2) is 5.75 Å². The van der Waals surface area contributed by atoms with Crippen molar-refractivity contribution in [2.45, 2.75) is 0 Å². The highest BCUT2D eigenvalue weighted by atomic mass is 16.6. The van der Waals surface area contributed by atoms with Crippen molar-refractivity contribution < 1.29 is 14.4 Å². The van der Waals surface area contributed by atoms with Gasteiger partial charge in [-0.05, 0) is 12.1 Å². The number of benzene rings is 1. The van der Waals surface area contributed by atoms with Crippen molar-refractivity contribution in [3.63, 3.8) is 0 Å². The van der Waals surface area contributed by atoms with Crippen LogP contribution in [0.15, 0.2) is 12.1 Å². The van der Waals surface area contributed by atoms with Crippen LogP contribution in [0.1, 0.15) is 0 Å². The Labute approximate surface area is 87.0 Å². The molecule has 0 aliphatic rings. The van der Waals surface area contributed by atoms with Crippen LogP contribution in [-0.2, 0) is 0 Å². The quantitative estimate of drug-likeness (QED) is 0.606. The van der Waals surface area contributed by atoms with Crippen molar-refractivity contribution in [2.75, 3.05) is 26.6 Å². The summed E-state index contributed by atoms with van der Waals surface area (Å²) in [6.45, 7) is 0. The molecule has 0 aliphatic heterocycles. The van der Waals surface area contributed by atoms with E-state index in [0.29, 0.717) is 11.4 Å². The lowest BCUT2D eigenvalue weighted by Crippen LogP contribution is -2.01. The summed E-state index contributed by atoms with van der Waals surface area (Å²) in [5.74, 6) is 0.456. The molecule has 15 heavy (non-hydrogen) atoms. The molecule has 0 unspecified atom stereocenters. The van der Waals surface area contributed by atoms with E-state index in [1.54, 1.807) is 19.2 Å². The van der Waals surface area contributed by atoms with Gasteiger partial charge in [0.05, 0.1) is 19.1 Å². The van der Waals surface area contributed by atoms with Crippen LogP contribution in [0.5, 0.6) is 11.5 Å². The first-order chi connectivity index (χ1) is 7.15. The van der Waals surface area contributed by atoms with Gasteiger partial charge in [0.2, 0.25) is 5.75 Å². The Hall–Kier alpha value is -1.98. The number of nitrogens with one attached hydrogen (secondary N) is 1. The molecular formula is C9H12N2O4. The van der Waals surface area contributed by atoms with Crippen LogP contribution in [0.2, 0.25) is 0 Å². The standard InChI is InChI=1S/C9H12N2O4/c1-10-6-4-5-7(14-2)9(15-3)8(6)11(12)13/h4-5,10H,1-3H3. The van der Waals surface area contributed by atoms with Crippen LogP contribution in [0.3, 0.4) is 0 Å². The molecule has 0 radical (unpaired) electrons. The van der Waals surface area contributed by atoms with E-state index in [9.17, 15) is 10.1 Å². The van der Waals surface area contributed by atoms with Crippen LogP contribution in [0, 0.1) is 10.1 Å². The third kappa shape index (κ3) is 1.93. The van der Waals surface area contributed by atoms with Crippen LogP contribution < -0.4 is 14.8 Å². The van der Waals surface area contributed by atoms with Crippen molar-refractivity contribution in [1.82, 2.24) is 0 Å². The summed E-state index contributed by atoms with van der Waals surface area (Å²) in [5, 5.41) is 13.6. The van der Waals surface area contributed by atoms with E-state index >= 15 is 0 Å². The van der Waals surface area contributed by atoms with E-state index in [1.807, 2.05) is 0 Å². The van der Waals surface area contributed by atoms with Crippen molar-refractivity contribution in [3.8, 4) is 11.5 Å². The third-order valence-corrected chi connectivity index (χ3v) is 1.97. The zero-order valence-corrected chi connectivity index (χ0v) is 8.73. The normalized spacial score (nSPS) is 9.53. The Morgan fingerprint density at radius 3 is 2.40 bits per heavy atom. The summed E-state index contributed by atoms with van der Waals surface area (Å²) < 4.78 is 9.93. The minimum atomic E-state index is -0.507. The molecule has 1 aromatic rings. The van der Waals surface area contributed by atoms with Crippen LogP contribution in [-0.4, -0.2) is 26.2 Å². The fourth-order valence-electron chi connectivity index (χ4n) is 1.29. The van der Waals surface area contributed by atoms with Gasteiger partial charge in [0.25, 0.3) is 0 Å². The molecule has 1 aromatic carbocycles. The summed E-state index contributed by atoms with van der Waals surface area (Å²) in [5.41, 5.74) is 0.261. The molecule has 0 spiro atoms. The molecule has 0 atom stereocenters. The molecule has 0 amide bonds. The molecular weight excluding hydrogens is 200 g/mol. The highest BCUT2D eigenvalue weighted by molar-refractivity contribution is 5.72.